The van der Waals surface area contributed by atoms with Crippen molar-refractivity contribution in [3.8, 4) is 5.75 Å². The Hall–Kier alpha value is -1.91. The first-order valence-electron chi connectivity index (χ1n) is 3.60. The van der Waals surface area contributed by atoms with E-state index in [1.807, 2.05) is 0 Å². The number of carbonyl (C=O) groups is 1. The number of hydrogen-bond donors (Lipinski definition) is 0. The molecule has 0 aliphatic rings. The van der Waals surface area contributed by atoms with Gasteiger partial charge in [-0.2, -0.15) is 0 Å². The van der Waals surface area contributed by atoms with E-state index in [0.29, 0.717) is 23.3 Å². The molecule has 0 spiro atoms. The minimum atomic E-state index is 0.00648. The summed E-state index contributed by atoms with van der Waals surface area (Å²) in [6.07, 6.45) is 2.06. The fraction of sp³-hybridized carbons (Fsp3) is 0.125. The molecule has 0 fully saturated rings. The maximum atomic E-state index is 10.4. The SMILES string of the molecule is COc1ccnc2oc(C=O)nc12. The molecule has 2 aromatic rings. The Labute approximate surface area is 73.4 Å². The largest absolute Gasteiger partial charge is 0.494 e. The van der Waals surface area contributed by atoms with Crippen molar-refractivity contribution in [2.45, 2.75) is 0 Å². The van der Waals surface area contributed by atoms with Crippen molar-refractivity contribution >= 4 is 17.5 Å². The summed E-state index contributed by atoms with van der Waals surface area (Å²) in [6, 6.07) is 1.65. The number of methoxy groups -OCH3 is 1. The molecule has 0 amide bonds. The first kappa shape index (κ1) is 7.72. The molecule has 0 aromatic carbocycles. The summed E-state index contributed by atoms with van der Waals surface area (Å²) in [6.45, 7) is 0. The monoisotopic (exact) mass is 178 g/mol. The fourth-order valence-electron chi connectivity index (χ4n) is 1.04. The molecule has 2 heterocycles. The number of rotatable bonds is 2. The first-order chi connectivity index (χ1) is 6.35. The molecule has 13 heavy (non-hydrogen) atoms. The topological polar surface area (TPSA) is 65.2 Å². The van der Waals surface area contributed by atoms with Gasteiger partial charge in [0, 0.05) is 12.3 Å². The maximum absolute atomic E-state index is 10.4. The van der Waals surface area contributed by atoms with Gasteiger partial charge in [0.15, 0.2) is 11.3 Å². The quantitative estimate of drug-likeness (QED) is 0.643. The van der Waals surface area contributed by atoms with Gasteiger partial charge in [-0.05, 0) is 0 Å². The third kappa shape index (κ3) is 1.14. The molecule has 66 valence electrons. The van der Waals surface area contributed by atoms with Crippen molar-refractivity contribution in [2.75, 3.05) is 7.11 Å². The smallest absolute Gasteiger partial charge is 0.262 e. The molecular formula is C8H6N2O3. The highest BCUT2D eigenvalue weighted by Crippen LogP contribution is 2.22. The third-order valence-corrected chi connectivity index (χ3v) is 1.60. The van der Waals surface area contributed by atoms with Crippen LogP contribution in [0.1, 0.15) is 10.7 Å². The molecule has 0 aliphatic carbocycles. The second-order valence-corrected chi connectivity index (χ2v) is 2.34. The molecule has 0 saturated heterocycles. The van der Waals surface area contributed by atoms with Crippen molar-refractivity contribution in [1.82, 2.24) is 9.97 Å². The number of fused-ring (bicyclic) bond motifs is 1. The van der Waals surface area contributed by atoms with Gasteiger partial charge >= 0.3 is 0 Å². The van der Waals surface area contributed by atoms with Crippen LogP contribution in [0.15, 0.2) is 16.7 Å². The lowest BCUT2D eigenvalue weighted by Crippen LogP contribution is -1.85. The first-order valence-corrected chi connectivity index (χ1v) is 3.60. The van der Waals surface area contributed by atoms with Crippen LogP contribution in [0.5, 0.6) is 5.75 Å². The van der Waals surface area contributed by atoms with E-state index in [4.69, 9.17) is 9.15 Å². The van der Waals surface area contributed by atoms with Gasteiger partial charge < -0.3 is 9.15 Å². The molecule has 0 atom stereocenters. The Morgan fingerprint density at radius 3 is 3.15 bits per heavy atom. The Morgan fingerprint density at radius 2 is 2.46 bits per heavy atom. The minimum absolute atomic E-state index is 0.00648. The molecule has 0 radical (unpaired) electrons. The molecule has 2 aromatic heterocycles. The van der Waals surface area contributed by atoms with Crippen LogP contribution < -0.4 is 4.74 Å². The standard InChI is InChI=1S/C8H6N2O3/c1-12-5-2-3-9-8-7(5)10-6(4-11)13-8/h2-4H,1H3. The Balaban J connectivity index is 2.74. The van der Waals surface area contributed by atoms with Gasteiger partial charge in [0.1, 0.15) is 0 Å². The summed E-state index contributed by atoms with van der Waals surface area (Å²) < 4.78 is 10.00. The summed E-state index contributed by atoms with van der Waals surface area (Å²) in [5.74, 6) is 0.550. The van der Waals surface area contributed by atoms with E-state index >= 15 is 0 Å². The van der Waals surface area contributed by atoms with Gasteiger partial charge in [0.05, 0.1) is 7.11 Å². The molecule has 0 saturated carbocycles. The van der Waals surface area contributed by atoms with E-state index in [0.717, 1.165) is 0 Å². The molecule has 5 nitrogen and oxygen atoms in total. The molecule has 0 N–H and O–H groups in total. The number of hydrogen-bond acceptors (Lipinski definition) is 5. The average molecular weight is 178 g/mol. The second kappa shape index (κ2) is 2.85. The molecule has 5 heteroatoms. The Morgan fingerprint density at radius 1 is 1.62 bits per heavy atom. The lowest BCUT2D eigenvalue weighted by Gasteiger charge is -1.96. The van der Waals surface area contributed by atoms with E-state index in [1.54, 1.807) is 6.07 Å². The third-order valence-electron chi connectivity index (χ3n) is 1.60. The summed E-state index contributed by atoms with van der Waals surface area (Å²) in [5, 5.41) is 0. The molecule has 2 rings (SSSR count). The van der Waals surface area contributed by atoms with Gasteiger partial charge in [-0.1, -0.05) is 0 Å². The number of aromatic nitrogens is 2. The van der Waals surface area contributed by atoms with Crippen LogP contribution in [0, 0.1) is 0 Å². The number of pyridine rings is 1. The van der Waals surface area contributed by atoms with E-state index in [9.17, 15) is 4.79 Å². The van der Waals surface area contributed by atoms with E-state index in [2.05, 4.69) is 9.97 Å². The zero-order valence-corrected chi connectivity index (χ0v) is 6.85. The fourth-order valence-corrected chi connectivity index (χ4v) is 1.04. The highest BCUT2D eigenvalue weighted by Gasteiger charge is 2.09. The second-order valence-electron chi connectivity index (χ2n) is 2.34. The van der Waals surface area contributed by atoms with Gasteiger partial charge in [-0.15, -0.1) is 0 Å². The van der Waals surface area contributed by atoms with Gasteiger partial charge in [-0.3, -0.25) is 4.79 Å². The zero-order valence-electron chi connectivity index (χ0n) is 6.85. The van der Waals surface area contributed by atoms with E-state index < -0.39 is 0 Å². The summed E-state index contributed by atoms with van der Waals surface area (Å²) >= 11 is 0. The van der Waals surface area contributed by atoms with Crippen molar-refractivity contribution in [3.63, 3.8) is 0 Å². The normalized spacial score (nSPS) is 10.2. The van der Waals surface area contributed by atoms with Crippen molar-refractivity contribution in [3.05, 3.63) is 18.2 Å². The van der Waals surface area contributed by atoms with Crippen molar-refractivity contribution < 1.29 is 13.9 Å². The van der Waals surface area contributed by atoms with Crippen LogP contribution in [0.3, 0.4) is 0 Å². The zero-order chi connectivity index (χ0) is 9.26. The van der Waals surface area contributed by atoms with E-state index in [1.165, 1.54) is 13.3 Å². The molecular weight excluding hydrogens is 172 g/mol. The van der Waals surface area contributed by atoms with Crippen LogP contribution >= 0.6 is 0 Å². The number of carbonyl (C=O) groups excluding carboxylic acids is 1. The Kier molecular flexibility index (Phi) is 1.70. The van der Waals surface area contributed by atoms with Gasteiger partial charge in [-0.25, -0.2) is 9.97 Å². The van der Waals surface area contributed by atoms with Crippen LogP contribution in [0.2, 0.25) is 0 Å². The highest BCUT2D eigenvalue weighted by atomic mass is 16.5. The highest BCUT2D eigenvalue weighted by molar-refractivity contribution is 5.80. The van der Waals surface area contributed by atoms with Crippen LogP contribution in [-0.2, 0) is 0 Å². The summed E-state index contributed by atoms with van der Waals surface area (Å²) in [4.78, 5) is 18.1. The van der Waals surface area contributed by atoms with Crippen molar-refractivity contribution in [2.24, 2.45) is 0 Å². The molecule has 0 aliphatic heterocycles. The number of oxazole rings is 1. The average Bonchev–Trinajstić information content (AvgIpc) is 2.59. The lowest BCUT2D eigenvalue weighted by molar-refractivity contribution is 0.109. The predicted molar refractivity (Wildman–Crippen MR) is 43.7 cm³/mol. The summed E-state index contributed by atoms with van der Waals surface area (Å²) in [7, 11) is 1.52. The Bertz CT molecular complexity index is 450. The number of ether oxygens (including phenoxy) is 1. The molecule has 0 bridgehead atoms. The maximum Gasteiger partial charge on any atom is 0.262 e. The van der Waals surface area contributed by atoms with Crippen LogP contribution in [0.4, 0.5) is 0 Å². The van der Waals surface area contributed by atoms with Gasteiger partial charge in [0.2, 0.25) is 6.29 Å². The number of nitrogens with zero attached hydrogens (tertiary/aromatic N) is 2. The van der Waals surface area contributed by atoms with Gasteiger partial charge in [0.25, 0.3) is 11.6 Å². The summed E-state index contributed by atoms with van der Waals surface area (Å²) in [5.41, 5.74) is 0.772. The van der Waals surface area contributed by atoms with Crippen LogP contribution in [-0.4, -0.2) is 23.4 Å². The predicted octanol–water partition coefficient (Wildman–Crippen LogP) is 1.04. The molecule has 0 unspecified atom stereocenters. The van der Waals surface area contributed by atoms with Crippen LogP contribution in [0.25, 0.3) is 11.2 Å². The number of aldehydes is 1. The minimum Gasteiger partial charge on any atom is -0.494 e. The lowest BCUT2D eigenvalue weighted by atomic mass is 10.4. The van der Waals surface area contributed by atoms with Crippen molar-refractivity contribution in [1.29, 1.82) is 0 Å². The van der Waals surface area contributed by atoms with E-state index in [-0.39, 0.29) is 5.89 Å².